The van der Waals surface area contributed by atoms with Gasteiger partial charge >= 0.3 is 0 Å². The topological polar surface area (TPSA) is 0 Å². The number of rotatable bonds is 6. The number of thioether (sulfide) groups is 1. The molecule has 0 saturated carbocycles. The van der Waals surface area contributed by atoms with E-state index in [-0.39, 0.29) is 0 Å². The van der Waals surface area contributed by atoms with Crippen molar-refractivity contribution in [1.82, 2.24) is 0 Å². The molecule has 1 aliphatic heterocycles. The van der Waals surface area contributed by atoms with Gasteiger partial charge in [0.1, 0.15) is 0 Å². The first kappa shape index (κ1) is 22.7. The predicted octanol–water partition coefficient (Wildman–Crippen LogP) is 9.53. The zero-order chi connectivity index (χ0) is 23.3. The highest BCUT2D eigenvalue weighted by molar-refractivity contribution is 8.00. The van der Waals surface area contributed by atoms with Crippen LogP contribution in [-0.4, -0.2) is 5.25 Å². The number of fused-ring (bicyclic) bond motifs is 2. The highest BCUT2D eigenvalue weighted by Crippen LogP contribution is 2.41. The van der Waals surface area contributed by atoms with Crippen LogP contribution in [0, 0.1) is 13.8 Å². The van der Waals surface area contributed by atoms with E-state index in [1.807, 2.05) is 23.1 Å². The molecular formula is C32H28S2. The highest BCUT2D eigenvalue weighted by atomic mass is 32.2. The van der Waals surface area contributed by atoms with Crippen molar-refractivity contribution < 1.29 is 0 Å². The van der Waals surface area contributed by atoms with Crippen LogP contribution in [0.15, 0.2) is 102 Å². The van der Waals surface area contributed by atoms with Crippen molar-refractivity contribution in [3.8, 4) is 0 Å². The van der Waals surface area contributed by atoms with Crippen LogP contribution in [0.4, 0.5) is 0 Å². The van der Waals surface area contributed by atoms with Crippen LogP contribution in [-0.2, 0) is 6.42 Å². The lowest BCUT2D eigenvalue weighted by atomic mass is 10.1. The second-order valence-corrected chi connectivity index (χ2v) is 11.2. The van der Waals surface area contributed by atoms with E-state index in [0.717, 1.165) is 6.42 Å². The van der Waals surface area contributed by atoms with Gasteiger partial charge in [-0.3, -0.25) is 0 Å². The summed E-state index contributed by atoms with van der Waals surface area (Å²) >= 11 is 3.86. The van der Waals surface area contributed by atoms with Crippen molar-refractivity contribution in [1.29, 1.82) is 0 Å². The van der Waals surface area contributed by atoms with Crippen molar-refractivity contribution in [2.24, 2.45) is 0 Å². The van der Waals surface area contributed by atoms with E-state index in [4.69, 9.17) is 0 Å². The van der Waals surface area contributed by atoms with Crippen LogP contribution in [0.5, 0.6) is 0 Å². The fourth-order valence-corrected chi connectivity index (χ4v) is 6.31. The third-order valence-corrected chi connectivity index (χ3v) is 8.28. The van der Waals surface area contributed by atoms with Gasteiger partial charge < -0.3 is 0 Å². The minimum Gasteiger partial charge on any atom is -0.136 e. The van der Waals surface area contributed by atoms with E-state index in [1.165, 1.54) is 47.7 Å². The number of allylic oxidation sites excluding steroid dienone is 4. The molecule has 2 heteroatoms. The molecule has 0 fully saturated rings. The van der Waals surface area contributed by atoms with E-state index in [1.54, 1.807) is 0 Å². The van der Waals surface area contributed by atoms with Crippen LogP contribution in [0.2, 0.25) is 0 Å². The van der Waals surface area contributed by atoms with Crippen LogP contribution < -0.4 is 0 Å². The molecule has 3 aromatic carbocycles. The van der Waals surface area contributed by atoms with Gasteiger partial charge in [0.25, 0.3) is 0 Å². The van der Waals surface area contributed by atoms with E-state index < -0.39 is 0 Å². The predicted molar refractivity (Wildman–Crippen MR) is 154 cm³/mol. The molecule has 1 unspecified atom stereocenters. The first-order valence-corrected chi connectivity index (χ1v) is 13.4. The first-order chi connectivity index (χ1) is 16.6. The maximum absolute atomic E-state index is 2.40. The van der Waals surface area contributed by atoms with E-state index in [2.05, 4.69) is 129 Å². The minimum atomic E-state index is 0.514. The summed E-state index contributed by atoms with van der Waals surface area (Å²) in [7, 11) is 0. The summed E-state index contributed by atoms with van der Waals surface area (Å²) in [5, 5.41) is 1.86. The Morgan fingerprint density at radius 2 is 1.32 bits per heavy atom. The number of benzene rings is 3. The lowest BCUT2D eigenvalue weighted by molar-refractivity contribution is 1.04. The van der Waals surface area contributed by atoms with Gasteiger partial charge in [0, 0.05) is 19.7 Å². The Morgan fingerprint density at radius 3 is 2.00 bits per heavy atom. The zero-order valence-corrected chi connectivity index (χ0v) is 21.2. The Hall–Kier alpha value is -3.07. The molecule has 1 aromatic heterocycles. The monoisotopic (exact) mass is 476 g/mol. The maximum Gasteiger partial charge on any atom is 0.0352 e. The molecule has 1 aliphatic rings. The van der Waals surface area contributed by atoms with Crippen molar-refractivity contribution in [3.63, 3.8) is 0 Å². The average molecular weight is 477 g/mol. The third-order valence-electron chi connectivity index (χ3n) is 5.96. The Labute approximate surface area is 211 Å². The lowest BCUT2D eigenvalue weighted by Crippen LogP contribution is -1.94. The number of aryl methyl sites for hydroxylation is 2. The molecule has 0 saturated heterocycles. The number of thiophene rings is 1. The largest absolute Gasteiger partial charge is 0.136 e. The molecule has 168 valence electrons. The van der Waals surface area contributed by atoms with Crippen LogP contribution in [0.1, 0.15) is 32.7 Å². The molecule has 4 aromatic rings. The van der Waals surface area contributed by atoms with Crippen molar-refractivity contribution in [2.75, 3.05) is 0 Å². The first-order valence-electron chi connectivity index (χ1n) is 11.7. The van der Waals surface area contributed by atoms with Crippen LogP contribution in [0.25, 0.3) is 28.3 Å². The smallest absolute Gasteiger partial charge is 0.0352 e. The third kappa shape index (κ3) is 5.70. The molecule has 0 radical (unpaired) electrons. The number of hydrogen-bond donors (Lipinski definition) is 0. The Kier molecular flexibility index (Phi) is 6.99. The van der Waals surface area contributed by atoms with Gasteiger partial charge in [-0.2, -0.15) is 0 Å². The molecule has 0 nitrogen and oxygen atoms in total. The summed E-state index contributed by atoms with van der Waals surface area (Å²) in [5.41, 5.74) is 6.54. The average Bonchev–Trinajstić information content (AvgIpc) is 3.42. The van der Waals surface area contributed by atoms with E-state index in [9.17, 15) is 0 Å². The number of hydrogen-bond acceptors (Lipinski definition) is 2. The van der Waals surface area contributed by atoms with Gasteiger partial charge in [-0.15, -0.1) is 23.1 Å². The van der Waals surface area contributed by atoms with Crippen LogP contribution >= 0.6 is 23.1 Å². The SMILES string of the molecule is Cc1ccc(/C=C/C=C/c2cc3cc4c(cc3s2)CC(/C=C/C=C/c2ccc(C)cc2)S4)cc1. The van der Waals surface area contributed by atoms with Gasteiger partial charge in [0.15, 0.2) is 0 Å². The van der Waals surface area contributed by atoms with Gasteiger partial charge in [-0.05, 0) is 66.6 Å². The van der Waals surface area contributed by atoms with Crippen LogP contribution in [0.3, 0.4) is 0 Å². The van der Waals surface area contributed by atoms with Crippen molar-refractivity contribution in [2.45, 2.75) is 30.4 Å². The Balaban J connectivity index is 1.21. The van der Waals surface area contributed by atoms with Gasteiger partial charge in [-0.25, -0.2) is 0 Å². The Bertz CT molecular complexity index is 1350. The summed E-state index contributed by atoms with van der Waals surface area (Å²) in [6.45, 7) is 4.24. The van der Waals surface area contributed by atoms with Gasteiger partial charge in [-0.1, -0.05) is 102 Å². The van der Waals surface area contributed by atoms with Gasteiger partial charge in [0.2, 0.25) is 0 Å². The summed E-state index contributed by atoms with van der Waals surface area (Å²) in [6.07, 6.45) is 18.6. The maximum atomic E-state index is 2.40. The molecule has 0 N–H and O–H groups in total. The second-order valence-electron chi connectivity index (χ2n) is 8.79. The summed E-state index contributed by atoms with van der Waals surface area (Å²) in [6, 6.07) is 24.3. The quantitative estimate of drug-likeness (QED) is 0.250. The molecule has 0 amide bonds. The Morgan fingerprint density at radius 1 is 0.706 bits per heavy atom. The molecule has 5 rings (SSSR count). The van der Waals surface area contributed by atoms with Crippen molar-refractivity contribution >= 4 is 51.4 Å². The molecule has 1 atom stereocenters. The fraction of sp³-hybridized carbons (Fsp3) is 0.125. The standard InChI is InChI=1S/C32H28S2/c1-23-11-15-25(16-12-23)7-3-5-9-29-19-27-21-32-28(22-31(27)33-29)20-30(34-32)10-6-4-8-26-17-13-24(2)14-18-26/h3-19,21-22,30H,20H2,1-2H3/b7-3+,8-4+,9-5+,10-6+. The fourth-order valence-electron chi connectivity index (χ4n) is 4.04. The highest BCUT2D eigenvalue weighted by Gasteiger charge is 2.21. The second kappa shape index (κ2) is 10.5. The summed E-state index contributed by atoms with van der Waals surface area (Å²) in [5.74, 6) is 0. The summed E-state index contributed by atoms with van der Waals surface area (Å²) < 4.78 is 1.38. The van der Waals surface area contributed by atoms with E-state index in [0.29, 0.717) is 5.25 Å². The normalized spacial score (nSPS) is 16.1. The molecule has 2 heterocycles. The molecule has 0 spiro atoms. The molecule has 34 heavy (non-hydrogen) atoms. The van der Waals surface area contributed by atoms with E-state index >= 15 is 0 Å². The lowest BCUT2D eigenvalue weighted by Gasteiger charge is -1.98. The molecular weight excluding hydrogens is 448 g/mol. The minimum absolute atomic E-state index is 0.514. The zero-order valence-electron chi connectivity index (χ0n) is 19.6. The van der Waals surface area contributed by atoms with Gasteiger partial charge in [0.05, 0.1) is 0 Å². The molecule has 0 bridgehead atoms. The molecule has 0 aliphatic carbocycles. The van der Waals surface area contributed by atoms with Crippen molar-refractivity contribution in [3.05, 3.63) is 130 Å². The summed E-state index contributed by atoms with van der Waals surface area (Å²) in [4.78, 5) is 2.73.